The highest BCUT2D eigenvalue weighted by Crippen LogP contribution is 2.44. The summed E-state index contributed by atoms with van der Waals surface area (Å²) in [6.45, 7) is 6.42. The van der Waals surface area contributed by atoms with E-state index in [1.54, 1.807) is 0 Å². The lowest BCUT2D eigenvalue weighted by atomic mass is 9.91. The van der Waals surface area contributed by atoms with E-state index < -0.39 is 0 Å². The molecule has 0 saturated carbocycles. The molecule has 33 heavy (non-hydrogen) atoms. The fourth-order valence-corrected chi connectivity index (χ4v) is 4.96. The highest BCUT2D eigenvalue weighted by atomic mass is 79.9. The normalized spacial score (nSPS) is 17.7. The molecule has 1 N–H and O–H groups in total. The van der Waals surface area contributed by atoms with Gasteiger partial charge in [0.25, 0.3) is 0 Å². The van der Waals surface area contributed by atoms with Gasteiger partial charge in [-0.2, -0.15) is 0 Å². The number of esters is 1. The predicted molar refractivity (Wildman–Crippen MR) is 138 cm³/mol. The summed E-state index contributed by atoms with van der Waals surface area (Å²) in [5.74, 6) is -0.263. The molecular weight excluding hydrogens is 478 g/mol. The monoisotopic (exact) mass is 507 g/mol. The maximum absolute atomic E-state index is 12.5. The first-order valence-corrected chi connectivity index (χ1v) is 12.1. The number of methoxy groups -OCH3 is 1. The standard InChI is InChI=1S/C27H30BrN3O2/c1-4-30(5-2)22-14-11-20(12-15-22)27-29-24-16-13-21(28)17-23(24)26(19-9-7-6-8-10-19)31(27)18-25(32)33-3/h6-17,26-27,29H,4-5,18H2,1-3H3/t26-,27-/m1/s1. The number of ether oxygens (including phenoxy) is 1. The van der Waals surface area contributed by atoms with Crippen LogP contribution >= 0.6 is 15.9 Å². The molecule has 3 aromatic rings. The Bertz CT molecular complexity index is 1080. The van der Waals surface area contributed by atoms with E-state index in [0.29, 0.717) is 0 Å². The largest absolute Gasteiger partial charge is 0.468 e. The molecule has 1 aliphatic heterocycles. The molecule has 2 atom stereocenters. The van der Waals surface area contributed by atoms with Crippen LogP contribution in [0.25, 0.3) is 0 Å². The molecule has 3 aromatic carbocycles. The van der Waals surface area contributed by atoms with E-state index >= 15 is 0 Å². The van der Waals surface area contributed by atoms with Gasteiger partial charge in [-0.25, -0.2) is 0 Å². The van der Waals surface area contributed by atoms with Crippen molar-refractivity contribution in [2.45, 2.75) is 26.1 Å². The van der Waals surface area contributed by atoms with Crippen LogP contribution in [0.4, 0.5) is 11.4 Å². The molecule has 0 radical (unpaired) electrons. The minimum atomic E-state index is -0.263. The van der Waals surface area contributed by atoms with Gasteiger partial charge in [0.2, 0.25) is 0 Å². The number of carbonyl (C=O) groups is 1. The molecule has 1 aliphatic rings. The third-order valence-electron chi connectivity index (χ3n) is 6.26. The fraction of sp³-hybridized carbons (Fsp3) is 0.296. The zero-order valence-electron chi connectivity index (χ0n) is 19.3. The minimum absolute atomic E-state index is 0.105. The van der Waals surface area contributed by atoms with Crippen molar-refractivity contribution in [1.82, 2.24) is 4.90 Å². The average molecular weight is 508 g/mol. The van der Waals surface area contributed by atoms with Crippen molar-refractivity contribution in [3.05, 3.63) is 94.0 Å². The topological polar surface area (TPSA) is 44.8 Å². The van der Waals surface area contributed by atoms with Crippen LogP contribution in [0.3, 0.4) is 0 Å². The molecule has 0 aromatic heterocycles. The van der Waals surface area contributed by atoms with Crippen LogP contribution in [0.2, 0.25) is 0 Å². The molecule has 172 valence electrons. The average Bonchev–Trinajstić information content (AvgIpc) is 2.85. The first-order chi connectivity index (χ1) is 16.0. The van der Waals surface area contributed by atoms with E-state index in [2.05, 4.69) is 93.4 Å². The highest BCUT2D eigenvalue weighted by Gasteiger charge is 2.37. The number of nitrogens with zero attached hydrogens (tertiary/aromatic N) is 2. The van der Waals surface area contributed by atoms with Gasteiger partial charge >= 0.3 is 5.97 Å². The van der Waals surface area contributed by atoms with Gasteiger partial charge in [0.1, 0.15) is 6.17 Å². The van der Waals surface area contributed by atoms with Crippen molar-refractivity contribution in [1.29, 1.82) is 0 Å². The molecule has 4 rings (SSSR count). The number of halogens is 1. The molecular formula is C27H30BrN3O2. The quantitative estimate of drug-likeness (QED) is 0.398. The second kappa shape index (κ2) is 10.4. The third-order valence-corrected chi connectivity index (χ3v) is 6.75. The van der Waals surface area contributed by atoms with E-state index in [9.17, 15) is 4.79 Å². The molecule has 0 aliphatic carbocycles. The SMILES string of the molecule is CCN(CC)c1ccc([C@@H]2Nc3ccc(Br)cc3[C@@H](c3ccccc3)N2CC(=O)OC)cc1. The van der Waals surface area contributed by atoms with Gasteiger partial charge in [-0.1, -0.05) is 58.4 Å². The van der Waals surface area contributed by atoms with Gasteiger partial charge in [0, 0.05) is 28.9 Å². The van der Waals surface area contributed by atoms with Crippen molar-refractivity contribution < 1.29 is 9.53 Å². The molecule has 0 spiro atoms. The summed E-state index contributed by atoms with van der Waals surface area (Å²) >= 11 is 3.63. The van der Waals surface area contributed by atoms with Crippen LogP contribution in [0.5, 0.6) is 0 Å². The Labute approximate surface area is 204 Å². The molecule has 6 heteroatoms. The Balaban J connectivity index is 1.82. The van der Waals surface area contributed by atoms with Crippen molar-refractivity contribution in [3.63, 3.8) is 0 Å². The minimum Gasteiger partial charge on any atom is -0.468 e. The van der Waals surface area contributed by atoms with Crippen molar-refractivity contribution >= 4 is 33.3 Å². The Morgan fingerprint density at radius 2 is 1.70 bits per heavy atom. The highest BCUT2D eigenvalue weighted by molar-refractivity contribution is 9.10. The summed E-state index contributed by atoms with van der Waals surface area (Å²) in [5, 5.41) is 3.68. The van der Waals surface area contributed by atoms with Crippen molar-refractivity contribution in [3.8, 4) is 0 Å². The third kappa shape index (κ3) is 4.92. The lowest BCUT2D eigenvalue weighted by Crippen LogP contribution is -2.44. The lowest BCUT2D eigenvalue weighted by molar-refractivity contribution is -0.143. The summed E-state index contributed by atoms with van der Waals surface area (Å²) < 4.78 is 6.09. The summed E-state index contributed by atoms with van der Waals surface area (Å²) in [6.07, 6.45) is -0.186. The van der Waals surface area contributed by atoms with Gasteiger partial charge in [-0.05, 0) is 60.9 Å². The van der Waals surface area contributed by atoms with Crippen LogP contribution < -0.4 is 10.2 Å². The van der Waals surface area contributed by atoms with E-state index in [-0.39, 0.29) is 24.7 Å². The number of hydrogen-bond donors (Lipinski definition) is 1. The lowest BCUT2D eigenvalue weighted by Gasteiger charge is -2.44. The van der Waals surface area contributed by atoms with Crippen LogP contribution in [0.15, 0.2) is 77.3 Å². The van der Waals surface area contributed by atoms with Gasteiger partial charge < -0.3 is 15.0 Å². The van der Waals surface area contributed by atoms with Gasteiger partial charge in [0.05, 0.1) is 19.7 Å². The van der Waals surface area contributed by atoms with Crippen LogP contribution in [0.1, 0.15) is 42.7 Å². The van der Waals surface area contributed by atoms with Gasteiger partial charge in [-0.15, -0.1) is 0 Å². The summed E-state index contributed by atoms with van der Waals surface area (Å²) in [5.41, 5.74) is 5.61. The maximum atomic E-state index is 12.5. The molecule has 0 saturated heterocycles. The van der Waals surface area contributed by atoms with E-state index in [1.165, 1.54) is 12.8 Å². The Morgan fingerprint density at radius 3 is 2.33 bits per heavy atom. The summed E-state index contributed by atoms with van der Waals surface area (Å²) in [7, 11) is 1.44. The van der Waals surface area contributed by atoms with Gasteiger partial charge in [-0.3, -0.25) is 9.69 Å². The summed E-state index contributed by atoms with van der Waals surface area (Å²) in [6, 6.07) is 25.1. The fourth-order valence-electron chi connectivity index (χ4n) is 4.58. The van der Waals surface area contributed by atoms with Crippen LogP contribution in [0, 0.1) is 0 Å². The van der Waals surface area contributed by atoms with E-state index in [0.717, 1.165) is 39.9 Å². The Morgan fingerprint density at radius 1 is 1.00 bits per heavy atom. The predicted octanol–water partition coefficient (Wildman–Crippen LogP) is 5.98. The number of hydrogen-bond acceptors (Lipinski definition) is 5. The van der Waals surface area contributed by atoms with Crippen LogP contribution in [-0.2, 0) is 9.53 Å². The first kappa shape index (κ1) is 23.3. The maximum Gasteiger partial charge on any atom is 0.319 e. The first-order valence-electron chi connectivity index (χ1n) is 11.3. The second-order valence-electron chi connectivity index (χ2n) is 8.10. The molecule has 5 nitrogen and oxygen atoms in total. The zero-order valence-corrected chi connectivity index (χ0v) is 20.9. The number of nitrogens with one attached hydrogen (secondary N) is 1. The zero-order chi connectivity index (χ0) is 23.4. The second-order valence-corrected chi connectivity index (χ2v) is 9.02. The number of carbonyl (C=O) groups excluding carboxylic acids is 1. The number of rotatable bonds is 7. The number of benzene rings is 3. The molecule has 0 bridgehead atoms. The molecule has 1 heterocycles. The van der Waals surface area contributed by atoms with Gasteiger partial charge in [0.15, 0.2) is 0 Å². The van der Waals surface area contributed by atoms with E-state index in [4.69, 9.17) is 4.74 Å². The molecule has 0 amide bonds. The smallest absolute Gasteiger partial charge is 0.319 e. The number of anilines is 2. The van der Waals surface area contributed by atoms with E-state index in [1.807, 2.05) is 24.3 Å². The van der Waals surface area contributed by atoms with Crippen molar-refractivity contribution in [2.24, 2.45) is 0 Å². The summed E-state index contributed by atoms with van der Waals surface area (Å²) in [4.78, 5) is 17.0. The molecule has 0 unspecified atom stereocenters. The van der Waals surface area contributed by atoms with Crippen molar-refractivity contribution in [2.75, 3.05) is 37.0 Å². The number of fused-ring (bicyclic) bond motifs is 1. The molecule has 0 fully saturated rings. The van der Waals surface area contributed by atoms with Crippen LogP contribution in [-0.4, -0.2) is 37.6 Å². The Hall–Kier alpha value is -2.83. The Kier molecular flexibility index (Phi) is 7.36.